The summed E-state index contributed by atoms with van der Waals surface area (Å²) in [7, 11) is 0. The monoisotopic (exact) mass is 314 g/mol. The third-order valence-corrected chi connectivity index (χ3v) is 3.31. The first-order chi connectivity index (χ1) is 11.1. The lowest BCUT2D eigenvalue weighted by molar-refractivity contribution is -0.384. The van der Waals surface area contributed by atoms with E-state index < -0.39 is 4.92 Å². The number of nitro groups is 1. The molecule has 1 N–H and O–H groups in total. The SMILES string of the molecule is CCN(CCO)c1ccc(/N=N/c2ccc([N+](=O)[O-])cc2)cc1. The van der Waals surface area contributed by atoms with Crippen molar-refractivity contribution in [3.05, 3.63) is 58.6 Å². The molecule has 0 bridgehead atoms. The molecule has 2 aromatic carbocycles. The van der Waals surface area contributed by atoms with Gasteiger partial charge in [-0.15, -0.1) is 0 Å². The van der Waals surface area contributed by atoms with E-state index in [9.17, 15) is 10.1 Å². The zero-order chi connectivity index (χ0) is 16.7. The smallest absolute Gasteiger partial charge is 0.269 e. The molecule has 7 heteroatoms. The van der Waals surface area contributed by atoms with Crippen molar-refractivity contribution in [2.75, 3.05) is 24.6 Å². The van der Waals surface area contributed by atoms with Crippen molar-refractivity contribution in [1.82, 2.24) is 0 Å². The van der Waals surface area contributed by atoms with Gasteiger partial charge in [0, 0.05) is 30.9 Å². The molecule has 0 amide bonds. The molecule has 0 saturated heterocycles. The lowest BCUT2D eigenvalue weighted by atomic mass is 10.2. The van der Waals surface area contributed by atoms with E-state index in [1.54, 1.807) is 12.1 Å². The number of benzene rings is 2. The molecule has 0 saturated carbocycles. The fourth-order valence-corrected chi connectivity index (χ4v) is 2.08. The largest absolute Gasteiger partial charge is 0.395 e. The Labute approximate surface area is 134 Å². The van der Waals surface area contributed by atoms with Gasteiger partial charge in [-0.05, 0) is 43.3 Å². The molecule has 0 fully saturated rings. The molecule has 120 valence electrons. The molecule has 0 atom stereocenters. The minimum atomic E-state index is -0.453. The number of hydrogen-bond donors (Lipinski definition) is 1. The van der Waals surface area contributed by atoms with E-state index in [0.29, 0.717) is 17.9 Å². The first-order valence-corrected chi connectivity index (χ1v) is 7.26. The number of aliphatic hydroxyl groups is 1. The molecule has 2 rings (SSSR count). The van der Waals surface area contributed by atoms with Crippen molar-refractivity contribution in [3.63, 3.8) is 0 Å². The van der Waals surface area contributed by atoms with Crippen LogP contribution in [-0.2, 0) is 0 Å². The predicted octanol–water partition coefficient (Wildman–Crippen LogP) is 3.83. The molecule has 0 aliphatic heterocycles. The lowest BCUT2D eigenvalue weighted by Gasteiger charge is -2.21. The van der Waals surface area contributed by atoms with Crippen LogP contribution in [0.2, 0.25) is 0 Å². The summed E-state index contributed by atoms with van der Waals surface area (Å²) in [6.07, 6.45) is 0. The van der Waals surface area contributed by atoms with Crippen LogP contribution in [0.5, 0.6) is 0 Å². The van der Waals surface area contributed by atoms with Crippen molar-refractivity contribution in [3.8, 4) is 0 Å². The maximum Gasteiger partial charge on any atom is 0.269 e. The fourth-order valence-electron chi connectivity index (χ4n) is 2.08. The van der Waals surface area contributed by atoms with Crippen LogP contribution in [0.1, 0.15) is 6.92 Å². The average Bonchev–Trinajstić information content (AvgIpc) is 2.59. The third-order valence-electron chi connectivity index (χ3n) is 3.31. The van der Waals surface area contributed by atoms with Crippen molar-refractivity contribution in [2.45, 2.75) is 6.92 Å². The van der Waals surface area contributed by atoms with Crippen LogP contribution in [0.3, 0.4) is 0 Å². The van der Waals surface area contributed by atoms with E-state index in [0.717, 1.165) is 12.2 Å². The van der Waals surface area contributed by atoms with Gasteiger partial charge in [0.15, 0.2) is 0 Å². The topological polar surface area (TPSA) is 91.3 Å². The maximum absolute atomic E-state index is 10.6. The Kier molecular flexibility index (Phi) is 5.76. The van der Waals surface area contributed by atoms with Crippen LogP contribution in [0.25, 0.3) is 0 Å². The number of non-ortho nitro benzene ring substituents is 1. The van der Waals surface area contributed by atoms with Gasteiger partial charge in [-0.1, -0.05) is 0 Å². The summed E-state index contributed by atoms with van der Waals surface area (Å²) in [5.74, 6) is 0. The highest BCUT2D eigenvalue weighted by molar-refractivity contribution is 5.53. The molecule has 2 aromatic rings. The van der Waals surface area contributed by atoms with Crippen LogP contribution < -0.4 is 4.90 Å². The van der Waals surface area contributed by atoms with Crippen molar-refractivity contribution in [2.24, 2.45) is 10.2 Å². The summed E-state index contributed by atoms with van der Waals surface area (Å²) in [5, 5.41) is 27.8. The van der Waals surface area contributed by atoms with E-state index in [2.05, 4.69) is 15.1 Å². The molecule has 0 aliphatic carbocycles. The highest BCUT2D eigenvalue weighted by Gasteiger charge is 2.04. The van der Waals surface area contributed by atoms with Crippen LogP contribution in [0.4, 0.5) is 22.7 Å². The Bertz CT molecular complexity index is 669. The number of likely N-dealkylation sites (N-methyl/N-ethyl adjacent to an activating group) is 1. The summed E-state index contributed by atoms with van der Waals surface area (Å²) in [6, 6.07) is 13.4. The van der Waals surface area contributed by atoms with Gasteiger partial charge < -0.3 is 10.0 Å². The fraction of sp³-hybridized carbons (Fsp3) is 0.250. The Hall–Kier alpha value is -2.80. The van der Waals surface area contributed by atoms with E-state index in [1.165, 1.54) is 12.1 Å². The molecule has 0 unspecified atom stereocenters. The van der Waals surface area contributed by atoms with Gasteiger partial charge in [0.25, 0.3) is 5.69 Å². The van der Waals surface area contributed by atoms with Crippen LogP contribution in [-0.4, -0.2) is 29.7 Å². The Balaban J connectivity index is 2.06. The highest BCUT2D eigenvalue weighted by Crippen LogP contribution is 2.23. The standard InChI is InChI=1S/C16H18N4O3/c1-2-19(11-12-21)15-7-3-13(4-8-15)17-18-14-5-9-16(10-6-14)20(22)23/h3-10,21H,2,11-12H2,1H3/b18-17+. The first kappa shape index (κ1) is 16.6. The summed E-state index contributed by atoms with van der Waals surface area (Å²) in [6.45, 7) is 3.53. The van der Waals surface area contributed by atoms with Gasteiger partial charge >= 0.3 is 0 Å². The molecule has 23 heavy (non-hydrogen) atoms. The summed E-state index contributed by atoms with van der Waals surface area (Å²) in [4.78, 5) is 12.2. The van der Waals surface area contributed by atoms with E-state index >= 15 is 0 Å². The van der Waals surface area contributed by atoms with Gasteiger partial charge in [-0.25, -0.2) is 0 Å². The van der Waals surface area contributed by atoms with Gasteiger partial charge in [-0.2, -0.15) is 10.2 Å². The minimum Gasteiger partial charge on any atom is -0.395 e. The number of aliphatic hydroxyl groups excluding tert-OH is 1. The number of hydrogen-bond acceptors (Lipinski definition) is 6. The second kappa shape index (κ2) is 8.00. The number of rotatable bonds is 7. The van der Waals surface area contributed by atoms with Crippen LogP contribution in [0, 0.1) is 10.1 Å². The van der Waals surface area contributed by atoms with Crippen molar-refractivity contribution in [1.29, 1.82) is 0 Å². The molecule has 7 nitrogen and oxygen atoms in total. The zero-order valence-corrected chi connectivity index (χ0v) is 12.8. The third kappa shape index (κ3) is 4.58. The minimum absolute atomic E-state index is 0.0249. The average molecular weight is 314 g/mol. The maximum atomic E-state index is 10.6. The van der Waals surface area contributed by atoms with E-state index in [-0.39, 0.29) is 12.3 Å². The second-order valence-corrected chi connectivity index (χ2v) is 4.79. The Morgan fingerprint density at radius 1 is 1.04 bits per heavy atom. The number of azo groups is 1. The molecule has 0 spiro atoms. The first-order valence-electron chi connectivity index (χ1n) is 7.26. The second-order valence-electron chi connectivity index (χ2n) is 4.79. The van der Waals surface area contributed by atoms with E-state index in [1.807, 2.05) is 31.2 Å². The summed E-state index contributed by atoms with van der Waals surface area (Å²) in [5.41, 5.74) is 2.27. The number of nitro benzene ring substituents is 1. The van der Waals surface area contributed by atoms with Gasteiger partial charge in [0.2, 0.25) is 0 Å². The Morgan fingerprint density at radius 3 is 2.00 bits per heavy atom. The quantitative estimate of drug-likeness (QED) is 0.477. The normalized spacial score (nSPS) is 10.9. The molecular formula is C16H18N4O3. The van der Waals surface area contributed by atoms with Gasteiger partial charge in [0.05, 0.1) is 22.9 Å². The molecule has 0 aromatic heterocycles. The van der Waals surface area contributed by atoms with Gasteiger partial charge in [0.1, 0.15) is 0 Å². The number of anilines is 1. The van der Waals surface area contributed by atoms with Crippen LogP contribution in [0.15, 0.2) is 58.8 Å². The van der Waals surface area contributed by atoms with Gasteiger partial charge in [-0.3, -0.25) is 10.1 Å². The number of nitrogens with zero attached hydrogens (tertiary/aromatic N) is 4. The van der Waals surface area contributed by atoms with Crippen molar-refractivity contribution >= 4 is 22.7 Å². The van der Waals surface area contributed by atoms with E-state index in [4.69, 9.17) is 5.11 Å². The lowest BCUT2D eigenvalue weighted by Crippen LogP contribution is -2.25. The predicted molar refractivity (Wildman–Crippen MR) is 88.7 cm³/mol. The molecule has 0 radical (unpaired) electrons. The highest BCUT2D eigenvalue weighted by atomic mass is 16.6. The summed E-state index contributed by atoms with van der Waals surface area (Å²) >= 11 is 0. The molecule has 0 aliphatic rings. The van der Waals surface area contributed by atoms with Crippen molar-refractivity contribution < 1.29 is 10.0 Å². The molecule has 0 heterocycles. The zero-order valence-electron chi connectivity index (χ0n) is 12.8. The summed E-state index contributed by atoms with van der Waals surface area (Å²) < 4.78 is 0. The van der Waals surface area contributed by atoms with Crippen LogP contribution >= 0.6 is 0 Å². The molecular weight excluding hydrogens is 296 g/mol. The Morgan fingerprint density at radius 2 is 1.57 bits per heavy atom.